The van der Waals surface area contributed by atoms with Crippen molar-refractivity contribution in [2.45, 2.75) is 45.7 Å². The Hall–Kier alpha value is -1.28. The average Bonchev–Trinajstić information content (AvgIpc) is 2.89. The van der Waals surface area contributed by atoms with E-state index in [1.54, 1.807) is 0 Å². The van der Waals surface area contributed by atoms with Crippen molar-refractivity contribution in [3.8, 4) is 0 Å². The molecule has 3 rings (SSSR count). The summed E-state index contributed by atoms with van der Waals surface area (Å²) < 4.78 is 5.82. The van der Waals surface area contributed by atoms with Crippen molar-refractivity contribution < 1.29 is 4.42 Å². The van der Waals surface area contributed by atoms with Crippen molar-refractivity contribution in [3.05, 3.63) is 36.1 Å². The van der Waals surface area contributed by atoms with Gasteiger partial charge < -0.3 is 9.73 Å². The summed E-state index contributed by atoms with van der Waals surface area (Å²) in [5.74, 6) is 1.04. The van der Waals surface area contributed by atoms with Crippen LogP contribution in [-0.4, -0.2) is 6.04 Å². The lowest BCUT2D eigenvalue weighted by atomic mass is 9.92. The molecule has 18 heavy (non-hydrogen) atoms. The fourth-order valence-electron chi connectivity index (χ4n) is 2.98. The van der Waals surface area contributed by atoms with Crippen LogP contribution in [0.2, 0.25) is 0 Å². The molecular weight excluding hydrogens is 222 g/mol. The molecule has 1 aromatic carbocycles. The summed E-state index contributed by atoms with van der Waals surface area (Å²) in [4.78, 5) is 0. The maximum Gasteiger partial charge on any atom is 0.134 e. The van der Waals surface area contributed by atoms with E-state index in [1.165, 1.54) is 24.6 Å². The van der Waals surface area contributed by atoms with Gasteiger partial charge in [-0.25, -0.2) is 0 Å². The van der Waals surface area contributed by atoms with Crippen molar-refractivity contribution in [1.29, 1.82) is 0 Å². The minimum absolute atomic E-state index is 0.506. The lowest BCUT2D eigenvalue weighted by molar-refractivity contribution is 0.360. The molecule has 0 radical (unpaired) electrons. The Morgan fingerprint density at radius 1 is 1.33 bits per heavy atom. The van der Waals surface area contributed by atoms with E-state index >= 15 is 0 Å². The van der Waals surface area contributed by atoms with E-state index in [4.69, 9.17) is 4.42 Å². The molecule has 96 valence electrons. The number of para-hydroxylation sites is 1. The van der Waals surface area contributed by atoms with Gasteiger partial charge in [-0.15, -0.1) is 0 Å². The third-order valence-corrected chi connectivity index (χ3v) is 4.01. The van der Waals surface area contributed by atoms with Crippen molar-refractivity contribution in [1.82, 2.24) is 5.32 Å². The van der Waals surface area contributed by atoms with Gasteiger partial charge in [-0.05, 0) is 36.8 Å². The Balaban J connectivity index is 1.63. The Morgan fingerprint density at radius 2 is 2.17 bits per heavy atom. The molecule has 1 fully saturated rings. The van der Waals surface area contributed by atoms with Gasteiger partial charge in [0, 0.05) is 11.4 Å². The van der Waals surface area contributed by atoms with Crippen LogP contribution in [-0.2, 0) is 6.54 Å². The highest BCUT2D eigenvalue weighted by Gasteiger charge is 2.30. The second kappa shape index (κ2) is 4.43. The first-order chi connectivity index (χ1) is 8.62. The van der Waals surface area contributed by atoms with Crippen LogP contribution in [0.15, 0.2) is 34.7 Å². The highest BCUT2D eigenvalue weighted by atomic mass is 16.3. The maximum atomic E-state index is 5.82. The number of rotatable bonds is 3. The molecule has 1 unspecified atom stereocenters. The first-order valence-electron chi connectivity index (χ1n) is 6.83. The van der Waals surface area contributed by atoms with Crippen LogP contribution in [0.4, 0.5) is 0 Å². The predicted molar refractivity (Wildman–Crippen MR) is 74.5 cm³/mol. The molecule has 1 aliphatic rings. The van der Waals surface area contributed by atoms with E-state index in [0.29, 0.717) is 11.5 Å². The monoisotopic (exact) mass is 243 g/mol. The zero-order valence-corrected chi connectivity index (χ0v) is 11.2. The van der Waals surface area contributed by atoms with Gasteiger partial charge in [-0.1, -0.05) is 32.0 Å². The second-order valence-corrected chi connectivity index (χ2v) is 6.24. The highest BCUT2D eigenvalue weighted by molar-refractivity contribution is 5.77. The molecule has 0 bridgehead atoms. The number of furan rings is 1. The van der Waals surface area contributed by atoms with E-state index in [1.807, 2.05) is 12.1 Å². The van der Waals surface area contributed by atoms with Crippen LogP contribution in [0, 0.1) is 5.41 Å². The van der Waals surface area contributed by atoms with Gasteiger partial charge in [0.05, 0.1) is 6.54 Å². The molecule has 2 nitrogen and oxygen atoms in total. The second-order valence-electron chi connectivity index (χ2n) is 6.24. The number of nitrogens with one attached hydrogen (secondary N) is 1. The molecule has 1 saturated carbocycles. The molecule has 0 spiro atoms. The summed E-state index contributed by atoms with van der Waals surface area (Å²) >= 11 is 0. The Kier molecular flexibility index (Phi) is 2.90. The van der Waals surface area contributed by atoms with Gasteiger partial charge in [0.25, 0.3) is 0 Å². The predicted octanol–water partition coefficient (Wildman–Crippen LogP) is 4.10. The molecule has 1 atom stereocenters. The van der Waals surface area contributed by atoms with Crippen molar-refractivity contribution in [3.63, 3.8) is 0 Å². The van der Waals surface area contributed by atoms with Crippen molar-refractivity contribution in [2.75, 3.05) is 0 Å². The zero-order valence-electron chi connectivity index (χ0n) is 11.2. The summed E-state index contributed by atoms with van der Waals surface area (Å²) in [5.41, 5.74) is 1.49. The van der Waals surface area contributed by atoms with E-state index in [0.717, 1.165) is 17.9 Å². The fourth-order valence-corrected chi connectivity index (χ4v) is 2.98. The minimum atomic E-state index is 0.506. The fraction of sp³-hybridized carbons (Fsp3) is 0.500. The molecule has 1 aromatic heterocycles. The first kappa shape index (κ1) is 11.8. The third kappa shape index (κ3) is 2.44. The van der Waals surface area contributed by atoms with Crippen LogP contribution < -0.4 is 5.32 Å². The molecule has 1 heterocycles. The summed E-state index contributed by atoms with van der Waals surface area (Å²) in [6.07, 6.45) is 3.88. The minimum Gasteiger partial charge on any atom is -0.460 e. The number of fused-ring (bicyclic) bond motifs is 1. The van der Waals surface area contributed by atoms with E-state index in [-0.39, 0.29) is 0 Å². The zero-order chi connectivity index (χ0) is 12.6. The topological polar surface area (TPSA) is 25.2 Å². The Labute approximate surface area is 108 Å². The molecule has 2 heteroatoms. The third-order valence-electron chi connectivity index (χ3n) is 4.01. The van der Waals surface area contributed by atoms with E-state index < -0.39 is 0 Å². The Bertz CT molecular complexity index is 508. The largest absolute Gasteiger partial charge is 0.460 e. The molecule has 2 aromatic rings. The van der Waals surface area contributed by atoms with E-state index in [9.17, 15) is 0 Å². The highest BCUT2D eigenvalue weighted by Crippen LogP contribution is 2.37. The summed E-state index contributed by atoms with van der Waals surface area (Å²) in [6, 6.07) is 11.0. The molecule has 0 saturated heterocycles. The molecule has 1 aliphatic carbocycles. The van der Waals surface area contributed by atoms with Gasteiger partial charge in [0.2, 0.25) is 0 Å². The molecule has 0 amide bonds. The van der Waals surface area contributed by atoms with E-state index in [2.05, 4.69) is 37.4 Å². The van der Waals surface area contributed by atoms with Crippen LogP contribution in [0.5, 0.6) is 0 Å². The quantitative estimate of drug-likeness (QED) is 0.878. The normalized spacial score (nSPS) is 22.7. The van der Waals surface area contributed by atoms with Gasteiger partial charge in [0.1, 0.15) is 11.3 Å². The molecule has 0 aliphatic heterocycles. The SMILES string of the molecule is CC1(C)CCC(NCc2cc3ccccc3o2)C1. The van der Waals surface area contributed by atoms with Crippen molar-refractivity contribution in [2.24, 2.45) is 5.41 Å². The standard InChI is InChI=1S/C16H21NO/c1-16(2)8-7-13(10-16)17-11-14-9-12-5-3-4-6-15(12)18-14/h3-6,9,13,17H,7-8,10-11H2,1-2H3. The van der Waals surface area contributed by atoms with Gasteiger partial charge in [-0.2, -0.15) is 0 Å². The summed E-state index contributed by atoms with van der Waals surface area (Å²) in [7, 11) is 0. The lowest BCUT2D eigenvalue weighted by Gasteiger charge is -2.17. The van der Waals surface area contributed by atoms with Crippen LogP contribution in [0.25, 0.3) is 11.0 Å². The number of benzene rings is 1. The van der Waals surface area contributed by atoms with Gasteiger partial charge >= 0.3 is 0 Å². The maximum absolute atomic E-state index is 5.82. The lowest BCUT2D eigenvalue weighted by Crippen LogP contribution is -2.26. The van der Waals surface area contributed by atoms with Gasteiger partial charge in [0.15, 0.2) is 0 Å². The molecular formula is C16H21NO. The number of hydrogen-bond acceptors (Lipinski definition) is 2. The molecule has 1 N–H and O–H groups in total. The summed E-state index contributed by atoms with van der Waals surface area (Å²) in [6.45, 7) is 5.56. The van der Waals surface area contributed by atoms with Gasteiger partial charge in [-0.3, -0.25) is 0 Å². The van der Waals surface area contributed by atoms with Crippen molar-refractivity contribution >= 4 is 11.0 Å². The average molecular weight is 243 g/mol. The Morgan fingerprint density at radius 3 is 2.89 bits per heavy atom. The smallest absolute Gasteiger partial charge is 0.134 e. The van der Waals surface area contributed by atoms with Crippen LogP contribution >= 0.6 is 0 Å². The van der Waals surface area contributed by atoms with Crippen LogP contribution in [0.1, 0.15) is 38.9 Å². The number of hydrogen-bond donors (Lipinski definition) is 1. The first-order valence-corrected chi connectivity index (χ1v) is 6.83. The van der Waals surface area contributed by atoms with Crippen LogP contribution in [0.3, 0.4) is 0 Å². The summed E-state index contributed by atoms with van der Waals surface area (Å²) in [5, 5.41) is 4.82.